The van der Waals surface area contributed by atoms with E-state index in [2.05, 4.69) is 15.5 Å². The molecule has 120 valence electrons. The molecule has 1 aromatic carbocycles. The molecule has 1 N–H and O–H groups in total. The fourth-order valence-electron chi connectivity index (χ4n) is 1.75. The van der Waals surface area contributed by atoms with E-state index in [1.807, 2.05) is 31.2 Å². The van der Waals surface area contributed by atoms with Crippen molar-refractivity contribution in [3.63, 3.8) is 0 Å². The Hall–Kier alpha value is -1.82. The van der Waals surface area contributed by atoms with Gasteiger partial charge < -0.3 is 9.90 Å². The van der Waals surface area contributed by atoms with Gasteiger partial charge in [0.15, 0.2) is 5.15 Å². The Bertz CT molecular complexity index is 790. The van der Waals surface area contributed by atoms with Crippen LogP contribution in [0.15, 0.2) is 29.4 Å². The van der Waals surface area contributed by atoms with Gasteiger partial charge in [0.25, 0.3) is 0 Å². The van der Waals surface area contributed by atoms with Gasteiger partial charge in [-0.2, -0.15) is 5.10 Å². The lowest BCUT2D eigenvalue weighted by molar-refractivity contribution is -0.255. The third-order valence-electron chi connectivity index (χ3n) is 3.04. The molecule has 1 aromatic heterocycles. The standard InChI is InChI=1S/C15H12Cl3N3O2/c1-7-3-5-9(6-4-7)8(2)20-21-12-10(16)13(15(22)23)19-14(18)11(12)17/h3-6H,1-2H3,(H,19,21)(H,22,23)/p-1/b20-8-. The number of hydrazone groups is 1. The number of halogens is 3. The molecule has 2 aromatic rings. The van der Waals surface area contributed by atoms with E-state index in [1.54, 1.807) is 6.92 Å². The smallest absolute Gasteiger partial charge is 0.150 e. The lowest BCUT2D eigenvalue weighted by Crippen LogP contribution is -2.24. The molecule has 0 unspecified atom stereocenters. The molecule has 0 amide bonds. The summed E-state index contributed by atoms with van der Waals surface area (Å²) in [6.45, 7) is 3.76. The van der Waals surface area contributed by atoms with Crippen LogP contribution >= 0.6 is 34.8 Å². The monoisotopic (exact) mass is 370 g/mol. The van der Waals surface area contributed by atoms with Crippen LogP contribution in [-0.4, -0.2) is 16.7 Å². The van der Waals surface area contributed by atoms with E-state index in [4.69, 9.17) is 34.8 Å². The van der Waals surface area contributed by atoms with Crippen molar-refractivity contribution in [1.82, 2.24) is 4.98 Å². The second kappa shape index (κ2) is 7.17. The highest BCUT2D eigenvalue weighted by Gasteiger charge is 2.17. The van der Waals surface area contributed by atoms with Crippen molar-refractivity contribution in [2.24, 2.45) is 5.10 Å². The van der Waals surface area contributed by atoms with E-state index in [-0.39, 0.29) is 20.9 Å². The number of carbonyl (C=O) groups is 1. The largest absolute Gasteiger partial charge is 0.543 e. The first kappa shape index (κ1) is 17.5. The number of aromatic nitrogens is 1. The zero-order valence-electron chi connectivity index (χ0n) is 12.2. The quantitative estimate of drug-likeness (QED) is 0.506. The Balaban J connectivity index is 2.38. The van der Waals surface area contributed by atoms with Crippen LogP contribution in [-0.2, 0) is 0 Å². The molecule has 0 bridgehead atoms. The van der Waals surface area contributed by atoms with E-state index in [0.717, 1.165) is 11.1 Å². The van der Waals surface area contributed by atoms with Crippen molar-refractivity contribution in [2.75, 3.05) is 5.43 Å². The molecule has 0 atom stereocenters. The van der Waals surface area contributed by atoms with Gasteiger partial charge in [-0.05, 0) is 19.4 Å². The topological polar surface area (TPSA) is 77.4 Å². The number of hydrogen-bond donors (Lipinski definition) is 1. The second-order valence-corrected chi connectivity index (χ2v) is 5.83. The van der Waals surface area contributed by atoms with E-state index in [1.165, 1.54) is 0 Å². The van der Waals surface area contributed by atoms with E-state index in [0.29, 0.717) is 5.71 Å². The summed E-state index contributed by atoms with van der Waals surface area (Å²) in [7, 11) is 0. The summed E-state index contributed by atoms with van der Waals surface area (Å²) < 4.78 is 0. The maximum Gasteiger partial charge on any atom is 0.150 e. The minimum atomic E-state index is -1.56. The maximum absolute atomic E-state index is 11.0. The van der Waals surface area contributed by atoms with Crippen molar-refractivity contribution in [3.8, 4) is 0 Å². The number of benzene rings is 1. The minimum Gasteiger partial charge on any atom is -0.543 e. The second-order valence-electron chi connectivity index (χ2n) is 4.72. The fourth-order valence-corrected chi connectivity index (χ4v) is 2.41. The molecule has 23 heavy (non-hydrogen) atoms. The normalized spacial score (nSPS) is 11.4. The van der Waals surface area contributed by atoms with Crippen LogP contribution < -0.4 is 10.5 Å². The zero-order valence-corrected chi connectivity index (χ0v) is 14.4. The van der Waals surface area contributed by atoms with Crippen LogP contribution in [0.1, 0.15) is 28.5 Å². The number of pyridine rings is 1. The number of nitrogens with zero attached hydrogens (tertiary/aromatic N) is 2. The third-order valence-corrected chi connectivity index (χ3v) is 4.14. The first-order valence-corrected chi connectivity index (χ1v) is 7.57. The molecule has 0 saturated heterocycles. The molecule has 5 nitrogen and oxygen atoms in total. The number of carbonyl (C=O) groups excluding carboxylic acids is 1. The van der Waals surface area contributed by atoms with Crippen LogP contribution in [0.4, 0.5) is 5.69 Å². The van der Waals surface area contributed by atoms with Crippen LogP contribution in [0.2, 0.25) is 15.2 Å². The first-order valence-electron chi connectivity index (χ1n) is 6.44. The molecule has 0 aliphatic heterocycles. The number of aromatic carboxylic acids is 1. The summed E-state index contributed by atoms with van der Waals surface area (Å²) >= 11 is 17.8. The molecule has 0 radical (unpaired) electrons. The van der Waals surface area contributed by atoms with Gasteiger partial charge in [0.2, 0.25) is 0 Å². The Morgan fingerprint density at radius 2 is 1.78 bits per heavy atom. The van der Waals surface area contributed by atoms with Gasteiger partial charge in [0, 0.05) is 0 Å². The first-order chi connectivity index (χ1) is 10.8. The van der Waals surface area contributed by atoms with Crippen molar-refractivity contribution in [2.45, 2.75) is 13.8 Å². The SMILES string of the molecule is C/C(=N/Nc1c(Cl)c(Cl)nc(C(=O)[O-])c1Cl)c1ccc(C)cc1. The average molecular weight is 372 g/mol. The minimum absolute atomic E-state index is 0.0258. The molecule has 0 spiro atoms. The number of aryl methyl sites for hydroxylation is 1. The van der Waals surface area contributed by atoms with E-state index in [9.17, 15) is 9.90 Å². The van der Waals surface area contributed by atoms with Gasteiger partial charge in [0.1, 0.15) is 10.7 Å². The highest BCUT2D eigenvalue weighted by Crippen LogP contribution is 2.36. The molecular weight excluding hydrogens is 361 g/mol. The summed E-state index contributed by atoms with van der Waals surface area (Å²) in [5.74, 6) is -1.56. The fraction of sp³-hybridized carbons (Fsp3) is 0.133. The lowest BCUT2D eigenvalue weighted by atomic mass is 10.1. The van der Waals surface area contributed by atoms with Gasteiger partial charge in [-0.1, -0.05) is 64.6 Å². The Morgan fingerprint density at radius 1 is 1.17 bits per heavy atom. The lowest BCUT2D eigenvalue weighted by Gasteiger charge is -2.13. The zero-order chi connectivity index (χ0) is 17.1. The Labute approximate surface area is 147 Å². The van der Waals surface area contributed by atoms with Crippen molar-refractivity contribution < 1.29 is 9.90 Å². The number of rotatable bonds is 4. The number of anilines is 1. The van der Waals surface area contributed by atoms with Crippen LogP contribution in [0, 0.1) is 6.92 Å². The van der Waals surface area contributed by atoms with E-state index < -0.39 is 11.7 Å². The molecule has 8 heteroatoms. The van der Waals surface area contributed by atoms with Gasteiger partial charge in [-0.3, -0.25) is 5.43 Å². The third kappa shape index (κ3) is 3.93. The molecular formula is C15H11Cl3N3O2-. The summed E-state index contributed by atoms with van der Waals surface area (Å²) in [5.41, 5.74) is 4.85. The molecule has 0 saturated carbocycles. The van der Waals surface area contributed by atoms with Gasteiger partial charge >= 0.3 is 0 Å². The Kier molecular flexibility index (Phi) is 5.46. The van der Waals surface area contributed by atoms with Crippen LogP contribution in [0.5, 0.6) is 0 Å². The highest BCUT2D eigenvalue weighted by atomic mass is 35.5. The van der Waals surface area contributed by atoms with Crippen LogP contribution in [0.25, 0.3) is 0 Å². The molecule has 0 fully saturated rings. The van der Waals surface area contributed by atoms with Gasteiger partial charge in [-0.15, -0.1) is 0 Å². The highest BCUT2D eigenvalue weighted by molar-refractivity contribution is 6.46. The number of hydrogen-bond acceptors (Lipinski definition) is 5. The summed E-state index contributed by atoms with van der Waals surface area (Å²) in [4.78, 5) is 14.6. The van der Waals surface area contributed by atoms with Crippen molar-refractivity contribution >= 4 is 52.2 Å². The van der Waals surface area contributed by atoms with E-state index >= 15 is 0 Å². The van der Waals surface area contributed by atoms with Crippen molar-refractivity contribution in [1.29, 1.82) is 0 Å². The van der Waals surface area contributed by atoms with Crippen LogP contribution in [0.3, 0.4) is 0 Å². The summed E-state index contributed by atoms with van der Waals surface area (Å²) in [6, 6.07) is 7.72. The predicted octanol–water partition coefficient (Wildman–Crippen LogP) is 3.55. The number of carboxylic acids is 1. The molecule has 2 rings (SSSR count). The van der Waals surface area contributed by atoms with Crippen molar-refractivity contribution in [3.05, 3.63) is 56.3 Å². The predicted molar refractivity (Wildman–Crippen MR) is 90.6 cm³/mol. The number of carboxylic acid groups (broad SMARTS) is 1. The molecule has 1 heterocycles. The summed E-state index contributed by atoms with van der Waals surface area (Å²) in [5, 5.41) is 14.7. The molecule has 0 aliphatic rings. The van der Waals surface area contributed by atoms with Gasteiger partial charge in [-0.25, -0.2) is 4.98 Å². The average Bonchev–Trinajstić information content (AvgIpc) is 2.51. The van der Waals surface area contributed by atoms with Gasteiger partial charge in [0.05, 0.1) is 22.4 Å². The number of nitrogens with one attached hydrogen (secondary N) is 1. The Morgan fingerprint density at radius 3 is 2.35 bits per heavy atom. The summed E-state index contributed by atoms with van der Waals surface area (Å²) in [6.07, 6.45) is 0. The molecule has 0 aliphatic carbocycles. The maximum atomic E-state index is 11.0.